The molecule has 0 saturated carbocycles. The summed E-state index contributed by atoms with van der Waals surface area (Å²) in [6, 6.07) is 5.27. The molecule has 0 bridgehead atoms. The molecule has 1 aromatic rings. The first-order valence-electron chi connectivity index (χ1n) is 5.73. The summed E-state index contributed by atoms with van der Waals surface area (Å²) in [5, 5.41) is 8.73. The number of methoxy groups -OCH3 is 1. The molecule has 110 valence electrons. The molecule has 0 heterocycles. The number of nitrogens with zero attached hydrogens (tertiary/aromatic N) is 1. The van der Waals surface area contributed by atoms with Crippen LogP contribution in [0.3, 0.4) is 0 Å². The van der Waals surface area contributed by atoms with Gasteiger partial charge < -0.3 is 9.84 Å². The lowest BCUT2D eigenvalue weighted by molar-refractivity contribution is -0.137. The van der Waals surface area contributed by atoms with Crippen LogP contribution in [0.25, 0.3) is 0 Å². The Kier molecular flexibility index (Phi) is 5.23. The van der Waals surface area contributed by atoms with Crippen molar-refractivity contribution >= 4 is 22.0 Å². The Morgan fingerprint density at radius 3 is 2.50 bits per heavy atom. The van der Waals surface area contributed by atoms with Crippen LogP contribution >= 0.6 is 0 Å². The number of hydrogen-bond donors (Lipinski definition) is 1. The summed E-state index contributed by atoms with van der Waals surface area (Å²) in [6.07, 6.45) is 0. The second kappa shape index (κ2) is 6.49. The van der Waals surface area contributed by atoms with E-state index in [1.807, 2.05) is 0 Å². The van der Waals surface area contributed by atoms with Crippen LogP contribution in [0, 0.1) is 0 Å². The van der Waals surface area contributed by atoms with E-state index in [9.17, 15) is 18.0 Å². The molecular formula is C12H15NO6S. The fraction of sp³-hybridized carbons (Fsp3) is 0.333. The molecule has 0 saturated heterocycles. The number of carbonyl (C=O) groups is 2. The van der Waals surface area contributed by atoms with Crippen LogP contribution < -0.4 is 0 Å². The number of hydrogen-bond acceptors (Lipinski definition) is 5. The lowest BCUT2D eigenvalue weighted by Crippen LogP contribution is -2.35. The first-order valence-corrected chi connectivity index (χ1v) is 7.17. The molecule has 0 radical (unpaired) electrons. The maximum atomic E-state index is 12.3. The fourth-order valence-corrected chi connectivity index (χ4v) is 3.01. The van der Waals surface area contributed by atoms with Gasteiger partial charge in [0.1, 0.15) is 6.54 Å². The van der Waals surface area contributed by atoms with Crippen molar-refractivity contribution in [1.29, 1.82) is 0 Å². The van der Waals surface area contributed by atoms with E-state index in [0.717, 1.165) is 10.4 Å². The van der Waals surface area contributed by atoms with Gasteiger partial charge in [0.05, 0.1) is 17.6 Å². The lowest BCUT2D eigenvalue weighted by Gasteiger charge is -2.18. The normalized spacial score (nSPS) is 11.3. The van der Waals surface area contributed by atoms with Gasteiger partial charge in [0.15, 0.2) is 0 Å². The highest BCUT2D eigenvalue weighted by molar-refractivity contribution is 7.89. The van der Waals surface area contributed by atoms with Crippen molar-refractivity contribution in [3.63, 3.8) is 0 Å². The number of esters is 1. The minimum Gasteiger partial charge on any atom is -0.480 e. The van der Waals surface area contributed by atoms with E-state index < -0.39 is 28.5 Å². The lowest BCUT2D eigenvalue weighted by atomic mass is 10.2. The number of rotatable bonds is 6. The van der Waals surface area contributed by atoms with Crippen molar-refractivity contribution in [3.05, 3.63) is 29.8 Å². The maximum Gasteiger partial charge on any atom is 0.337 e. The number of ether oxygens (including phenoxy) is 1. The van der Waals surface area contributed by atoms with Crippen molar-refractivity contribution in [1.82, 2.24) is 4.31 Å². The van der Waals surface area contributed by atoms with E-state index in [-0.39, 0.29) is 17.0 Å². The van der Waals surface area contributed by atoms with Gasteiger partial charge in [0, 0.05) is 6.54 Å². The third kappa shape index (κ3) is 3.55. The molecule has 0 fully saturated rings. The van der Waals surface area contributed by atoms with Crippen LogP contribution in [0.5, 0.6) is 0 Å². The van der Waals surface area contributed by atoms with Crippen LogP contribution in [-0.2, 0) is 19.6 Å². The number of likely N-dealkylation sites (N-methyl/N-ethyl adjacent to an activating group) is 1. The van der Waals surface area contributed by atoms with Crippen LogP contribution in [0.2, 0.25) is 0 Å². The Hall–Kier alpha value is -1.93. The van der Waals surface area contributed by atoms with Gasteiger partial charge in [-0.3, -0.25) is 4.79 Å². The quantitative estimate of drug-likeness (QED) is 0.771. The summed E-state index contributed by atoms with van der Waals surface area (Å²) in [7, 11) is -2.78. The van der Waals surface area contributed by atoms with Crippen LogP contribution in [-0.4, -0.2) is 50.0 Å². The maximum absolute atomic E-state index is 12.3. The molecule has 7 nitrogen and oxygen atoms in total. The summed E-state index contributed by atoms with van der Waals surface area (Å²) >= 11 is 0. The largest absolute Gasteiger partial charge is 0.480 e. The van der Waals surface area contributed by atoms with E-state index in [1.54, 1.807) is 0 Å². The molecule has 1 N–H and O–H groups in total. The number of sulfonamides is 1. The second-order valence-electron chi connectivity index (χ2n) is 3.84. The zero-order chi connectivity index (χ0) is 15.3. The second-order valence-corrected chi connectivity index (χ2v) is 5.78. The molecule has 0 aliphatic rings. The summed E-state index contributed by atoms with van der Waals surface area (Å²) in [5.74, 6) is -1.91. The molecule has 0 atom stereocenters. The minimum absolute atomic E-state index is 0.0110. The summed E-state index contributed by atoms with van der Waals surface area (Å²) in [4.78, 5) is 21.9. The number of carboxylic acid groups (broad SMARTS) is 1. The van der Waals surface area contributed by atoms with E-state index in [4.69, 9.17) is 5.11 Å². The van der Waals surface area contributed by atoms with E-state index in [1.165, 1.54) is 32.2 Å². The van der Waals surface area contributed by atoms with Crippen molar-refractivity contribution in [2.45, 2.75) is 11.8 Å². The molecule has 0 amide bonds. The van der Waals surface area contributed by atoms with Gasteiger partial charge >= 0.3 is 11.9 Å². The van der Waals surface area contributed by atoms with Gasteiger partial charge in [-0.05, 0) is 18.2 Å². The van der Waals surface area contributed by atoms with Crippen molar-refractivity contribution < 1.29 is 27.9 Å². The summed E-state index contributed by atoms with van der Waals surface area (Å²) in [6.45, 7) is 0.906. The van der Waals surface area contributed by atoms with Gasteiger partial charge in [-0.1, -0.05) is 13.0 Å². The number of carboxylic acids is 1. The molecule has 0 spiro atoms. The van der Waals surface area contributed by atoms with Gasteiger partial charge in [-0.2, -0.15) is 4.31 Å². The highest BCUT2D eigenvalue weighted by Gasteiger charge is 2.25. The number of aliphatic carboxylic acids is 1. The highest BCUT2D eigenvalue weighted by Crippen LogP contribution is 2.17. The predicted molar refractivity (Wildman–Crippen MR) is 69.9 cm³/mol. The monoisotopic (exact) mass is 301 g/mol. The molecule has 0 aliphatic carbocycles. The van der Waals surface area contributed by atoms with Crippen molar-refractivity contribution in [2.75, 3.05) is 20.2 Å². The molecule has 1 aromatic carbocycles. The van der Waals surface area contributed by atoms with E-state index in [0.29, 0.717) is 0 Å². The Balaban J connectivity index is 3.20. The Morgan fingerprint density at radius 2 is 2.00 bits per heavy atom. The highest BCUT2D eigenvalue weighted by atomic mass is 32.2. The predicted octanol–water partition coefficient (Wildman–Crippen LogP) is 0.568. The molecule has 0 unspecified atom stereocenters. The topological polar surface area (TPSA) is 101 Å². The van der Waals surface area contributed by atoms with Gasteiger partial charge in [-0.15, -0.1) is 0 Å². The van der Waals surface area contributed by atoms with Crippen LogP contribution in [0.15, 0.2) is 29.2 Å². The fourth-order valence-electron chi connectivity index (χ4n) is 1.57. The molecule has 8 heteroatoms. The molecule has 0 aliphatic heterocycles. The molecule has 0 aromatic heterocycles. The third-order valence-electron chi connectivity index (χ3n) is 2.56. The zero-order valence-corrected chi connectivity index (χ0v) is 11.9. The first kappa shape index (κ1) is 16.1. The van der Waals surface area contributed by atoms with Gasteiger partial charge in [0.25, 0.3) is 0 Å². The van der Waals surface area contributed by atoms with E-state index >= 15 is 0 Å². The minimum atomic E-state index is -3.97. The van der Waals surface area contributed by atoms with Crippen LogP contribution in [0.4, 0.5) is 0 Å². The third-order valence-corrected chi connectivity index (χ3v) is 4.47. The van der Waals surface area contributed by atoms with Crippen LogP contribution in [0.1, 0.15) is 17.3 Å². The van der Waals surface area contributed by atoms with E-state index in [2.05, 4.69) is 4.74 Å². The Labute approximate surface area is 116 Å². The summed E-state index contributed by atoms with van der Waals surface area (Å²) < 4.78 is 29.9. The molecule has 20 heavy (non-hydrogen) atoms. The SMILES string of the molecule is CCN(CC(=O)O)S(=O)(=O)c1cccc(C(=O)OC)c1. The molecular weight excluding hydrogens is 286 g/mol. The first-order chi connectivity index (χ1) is 9.32. The molecule has 1 rings (SSSR count). The summed E-state index contributed by atoms with van der Waals surface area (Å²) in [5.41, 5.74) is 0.0833. The number of benzene rings is 1. The smallest absolute Gasteiger partial charge is 0.337 e. The average Bonchev–Trinajstić information content (AvgIpc) is 2.43. The van der Waals surface area contributed by atoms with Gasteiger partial charge in [0.2, 0.25) is 10.0 Å². The standard InChI is InChI=1S/C12H15NO6S/c1-3-13(8-11(14)15)20(17,18)10-6-4-5-9(7-10)12(16)19-2/h4-7H,3,8H2,1-2H3,(H,14,15). The van der Waals surface area contributed by atoms with Gasteiger partial charge in [-0.25, -0.2) is 13.2 Å². The van der Waals surface area contributed by atoms with Crippen molar-refractivity contribution in [3.8, 4) is 0 Å². The average molecular weight is 301 g/mol. The Bertz CT molecular complexity index is 610. The Morgan fingerprint density at radius 1 is 1.35 bits per heavy atom. The number of carbonyl (C=O) groups excluding carboxylic acids is 1. The zero-order valence-electron chi connectivity index (χ0n) is 11.1. The van der Waals surface area contributed by atoms with Crippen molar-refractivity contribution in [2.24, 2.45) is 0 Å².